The third kappa shape index (κ3) is 4.42. The van der Waals surface area contributed by atoms with Crippen LogP contribution in [-0.2, 0) is 17.8 Å². The normalized spacial score (nSPS) is 14.7. The summed E-state index contributed by atoms with van der Waals surface area (Å²) >= 11 is -1.22. The van der Waals surface area contributed by atoms with Crippen molar-refractivity contribution >= 4 is 17.1 Å². The zero-order chi connectivity index (χ0) is 13.8. The van der Waals surface area contributed by atoms with Gasteiger partial charge >= 0.3 is 0 Å². The van der Waals surface area contributed by atoms with Gasteiger partial charge in [-0.05, 0) is 46.2 Å². The predicted octanol–water partition coefficient (Wildman–Crippen LogP) is 3.31. The molecule has 0 fully saturated rings. The molecule has 1 heterocycles. The molecule has 100 valence electrons. The van der Waals surface area contributed by atoms with Crippen molar-refractivity contribution in [1.29, 1.82) is 0 Å². The molecular formula is C14H22N2OS. The molecule has 1 aromatic heterocycles. The second kappa shape index (κ2) is 6.34. The summed E-state index contributed by atoms with van der Waals surface area (Å²) in [6.45, 7) is 9.77. The van der Waals surface area contributed by atoms with Crippen molar-refractivity contribution in [2.75, 3.05) is 0 Å². The van der Waals surface area contributed by atoms with E-state index in [2.05, 4.69) is 16.3 Å². The topological polar surface area (TPSA) is 48.3 Å². The third-order valence-electron chi connectivity index (χ3n) is 2.49. The molecule has 3 nitrogen and oxygen atoms in total. The van der Waals surface area contributed by atoms with Gasteiger partial charge in [0.1, 0.15) is 16.1 Å². The van der Waals surface area contributed by atoms with Crippen LogP contribution in [0.5, 0.6) is 0 Å². The molecule has 0 saturated heterocycles. The van der Waals surface area contributed by atoms with Crippen LogP contribution in [0.15, 0.2) is 22.7 Å². The monoisotopic (exact) mass is 266 g/mol. The minimum Gasteiger partial charge on any atom is -0.591 e. The molecule has 0 spiro atoms. The Balaban J connectivity index is 2.83. The first-order valence-electron chi connectivity index (χ1n) is 6.27. The van der Waals surface area contributed by atoms with Gasteiger partial charge in [-0.1, -0.05) is 17.7 Å². The summed E-state index contributed by atoms with van der Waals surface area (Å²) in [5.41, 5.74) is 2.80. The summed E-state index contributed by atoms with van der Waals surface area (Å²) in [5, 5.41) is 0. The molecule has 0 N–H and O–H groups in total. The fraction of sp³-hybridized carbons (Fsp3) is 0.571. The summed E-state index contributed by atoms with van der Waals surface area (Å²) in [6.07, 6.45) is 3.89. The van der Waals surface area contributed by atoms with Crippen LogP contribution in [0.3, 0.4) is 0 Å². The van der Waals surface area contributed by atoms with Gasteiger partial charge in [0.2, 0.25) is 0 Å². The fourth-order valence-electron chi connectivity index (χ4n) is 1.36. The van der Waals surface area contributed by atoms with Gasteiger partial charge in [-0.3, -0.25) is 4.98 Å². The summed E-state index contributed by atoms with van der Waals surface area (Å²) < 4.78 is 15.8. The first kappa shape index (κ1) is 15.2. The molecule has 0 aliphatic carbocycles. The van der Waals surface area contributed by atoms with E-state index in [-0.39, 0.29) is 4.75 Å². The first-order valence-corrected chi connectivity index (χ1v) is 7.38. The molecule has 0 aliphatic rings. The number of aryl methyl sites for hydroxylation is 1. The van der Waals surface area contributed by atoms with Gasteiger partial charge in [0.15, 0.2) is 0 Å². The molecule has 0 aliphatic heterocycles. The Bertz CT molecular complexity index is 407. The van der Waals surface area contributed by atoms with Gasteiger partial charge in [0, 0.05) is 17.5 Å². The molecule has 0 amide bonds. The minimum absolute atomic E-state index is 0.323. The molecule has 1 atom stereocenters. The Kier molecular flexibility index (Phi) is 5.35. The molecule has 0 saturated carbocycles. The first-order chi connectivity index (χ1) is 8.34. The molecule has 1 aromatic rings. The average Bonchev–Trinajstić information content (AvgIpc) is 2.29. The zero-order valence-electron chi connectivity index (χ0n) is 11.9. The molecule has 18 heavy (non-hydrogen) atoms. The maximum Gasteiger partial charge on any atom is 0.144 e. The Morgan fingerprint density at radius 1 is 1.39 bits per heavy atom. The van der Waals surface area contributed by atoms with Gasteiger partial charge < -0.3 is 4.55 Å². The van der Waals surface area contributed by atoms with E-state index in [1.807, 2.05) is 46.0 Å². The number of nitrogens with zero attached hydrogens (tertiary/aromatic N) is 2. The van der Waals surface area contributed by atoms with Gasteiger partial charge in [0.25, 0.3) is 0 Å². The van der Waals surface area contributed by atoms with Crippen molar-refractivity contribution in [3.8, 4) is 0 Å². The summed E-state index contributed by atoms with van der Waals surface area (Å²) in [4.78, 5) is 4.38. The lowest BCUT2D eigenvalue weighted by molar-refractivity contribution is 0.561. The molecule has 1 unspecified atom stereocenters. The van der Waals surface area contributed by atoms with Crippen LogP contribution in [0.1, 0.15) is 52.3 Å². The van der Waals surface area contributed by atoms with Crippen molar-refractivity contribution in [3.63, 3.8) is 0 Å². The van der Waals surface area contributed by atoms with E-state index in [9.17, 15) is 4.55 Å². The minimum atomic E-state index is -1.22. The van der Waals surface area contributed by atoms with E-state index in [4.69, 9.17) is 0 Å². The maximum atomic E-state index is 11.9. The third-order valence-corrected chi connectivity index (χ3v) is 3.98. The lowest BCUT2D eigenvalue weighted by atomic mass is 10.1. The van der Waals surface area contributed by atoms with Crippen LogP contribution in [0.2, 0.25) is 0 Å². The Hall–Kier alpha value is -0.870. The van der Waals surface area contributed by atoms with Crippen LogP contribution in [0.25, 0.3) is 0 Å². The molecule has 0 bridgehead atoms. The van der Waals surface area contributed by atoms with Gasteiger partial charge in [-0.2, -0.15) is 0 Å². The average molecular weight is 266 g/mol. The highest BCUT2D eigenvalue weighted by atomic mass is 32.2. The van der Waals surface area contributed by atoms with Crippen LogP contribution in [0, 0.1) is 0 Å². The van der Waals surface area contributed by atoms with E-state index >= 15 is 0 Å². The van der Waals surface area contributed by atoms with Crippen LogP contribution >= 0.6 is 0 Å². The number of pyridine rings is 1. The number of rotatable bonds is 4. The highest BCUT2D eigenvalue weighted by molar-refractivity contribution is 7.91. The predicted molar refractivity (Wildman–Crippen MR) is 78.3 cm³/mol. The van der Waals surface area contributed by atoms with Crippen molar-refractivity contribution in [1.82, 2.24) is 4.98 Å². The zero-order valence-corrected chi connectivity index (χ0v) is 12.7. The number of hydrogen-bond donors (Lipinski definition) is 0. The molecular weight excluding hydrogens is 244 g/mol. The molecule has 0 aromatic carbocycles. The smallest absolute Gasteiger partial charge is 0.144 e. The van der Waals surface area contributed by atoms with E-state index in [0.29, 0.717) is 0 Å². The number of hydrogen-bond acceptors (Lipinski definition) is 3. The highest BCUT2D eigenvalue weighted by Gasteiger charge is 2.26. The Morgan fingerprint density at radius 3 is 2.50 bits per heavy atom. The summed E-state index contributed by atoms with van der Waals surface area (Å²) in [6, 6.07) is 4.01. The van der Waals surface area contributed by atoms with Crippen LogP contribution in [-0.4, -0.2) is 20.0 Å². The summed E-state index contributed by atoms with van der Waals surface area (Å²) in [5.74, 6) is 0. The second-order valence-electron chi connectivity index (χ2n) is 5.33. The molecule has 1 rings (SSSR count). The largest absolute Gasteiger partial charge is 0.591 e. The quantitative estimate of drug-likeness (QED) is 0.620. The Labute approximate surface area is 113 Å². The van der Waals surface area contributed by atoms with Crippen molar-refractivity contribution in [2.45, 2.75) is 52.2 Å². The SMILES string of the molecule is CCCc1ccc(/C(C)=N/[S+]([O-])C(C)(C)C)cn1. The number of aromatic nitrogens is 1. The van der Waals surface area contributed by atoms with Gasteiger partial charge in [-0.25, -0.2) is 0 Å². The van der Waals surface area contributed by atoms with Crippen molar-refractivity contribution < 1.29 is 4.55 Å². The lowest BCUT2D eigenvalue weighted by Gasteiger charge is -2.18. The van der Waals surface area contributed by atoms with E-state index in [1.54, 1.807) is 0 Å². The Morgan fingerprint density at radius 2 is 2.06 bits per heavy atom. The van der Waals surface area contributed by atoms with E-state index in [0.717, 1.165) is 29.8 Å². The lowest BCUT2D eigenvalue weighted by Crippen LogP contribution is -2.26. The van der Waals surface area contributed by atoms with Gasteiger partial charge in [0.05, 0.1) is 5.71 Å². The molecule has 0 radical (unpaired) electrons. The van der Waals surface area contributed by atoms with Crippen molar-refractivity contribution in [2.24, 2.45) is 4.40 Å². The fourth-order valence-corrected chi connectivity index (χ4v) is 1.98. The van der Waals surface area contributed by atoms with E-state index in [1.165, 1.54) is 0 Å². The molecule has 4 heteroatoms. The summed E-state index contributed by atoms with van der Waals surface area (Å²) in [7, 11) is 0. The standard InChI is InChI=1S/C14H22N2OS/c1-6-7-13-9-8-12(10-15-13)11(2)16-18(17)14(3,4)5/h8-10H,6-7H2,1-5H3/b16-11+. The highest BCUT2D eigenvalue weighted by Crippen LogP contribution is 2.18. The van der Waals surface area contributed by atoms with Crippen molar-refractivity contribution in [3.05, 3.63) is 29.6 Å². The van der Waals surface area contributed by atoms with Crippen LogP contribution in [0.4, 0.5) is 0 Å². The second-order valence-corrected chi connectivity index (χ2v) is 7.23. The van der Waals surface area contributed by atoms with Gasteiger partial charge in [-0.15, -0.1) is 0 Å². The van der Waals surface area contributed by atoms with Crippen LogP contribution < -0.4 is 0 Å². The van der Waals surface area contributed by atoms with E-state index < -0.39 is 11.4 Å². The maximum absolute atomic E-state index is 11.9.